The molecule has 1 fully saturated rings. The van der Waals surface area contributed by atoms with E-state index in [0.717, 1.165) is 69.2 Å². The molecule has 0 aromatic heterocycles. The Kier molecular flexibility index (Phi) is 5.53. The van der Waals surface area contributed by atoms with Gasteiger partial charge in [0, 0.05) is 26.2 Å². The molecule has 3 aliphatic heterocycles. The number of hydrogen-bond donors (Lipinski definition) is 0. The summed E-state index contributed by atoms with van der Waals surface area (Å²) in [5.41, 5.74) is 2.54. The molecule has 6 heteroatoms. The minimum Gasteiger partial charge on any atom is -0.478 e. The molecule has 3 aliphatic rings. The zero-order valence-corrected chi connectivity index (χ0v) is 17.0. The fraction of sp³-hybridized carbons (Fsp3) is 0.375. The van der Waals surface area contributed by atoms with Gasteiger partial charge in [0.25, 0.3) is 0 Å². The Morgan fingerprint density at radius 1 is 0.967 bits per heavy atom. The molecule has 2 aromatic rings. The van der Waals surface area contributed by atoms with Crippen LogP contribution in [0.4, 0.5) is 0 Å². The molecular weight excluding hydrogens is 380 g/mol. The van der Waals surface area contributed by atoms with Crippen LogP contribution in [-0.4, -0.2) is 61.7 Å². The second-order valence-corrected chi connectivity index (χ2v) is 7.90. The van der Waals surface area contributed by atoms with Crippen molar-refractivity contribution in [1.29, 1.82) is 0 Å². The first-order valence-electron chi connectivity index (χ1n) is 10.6. The number of fused-ring (bicyclic) bond motifs is 3. The quantitative estimate of drug-likeness (QED) is 0.711. The van der Waals surface area contributed by atoms with Gasteiger partial charge < -0.3 is 14.2 Å². The third-order valence-electron chi connectivity index (χ3n) is 5.83. The molecule has 0 saturated carbocycles. The van der Waals surface area contributed by atoms with Gasteiger partial charge in [0.2, 0.25) is 5.78 Å². The van der Waals surface area contributed by atoms with Crippen LogP contribution in [0.15, 0.2) is 48.2 Å². The van der Waals surface area contributed by atoms with Gasteiger partial charge in [-0.3, -0.25) is 14.6 Å². The number of allylic oxidation sites excluding steroid dienone is 1. The Balaban J connectivity index is 1.28. The van der Waals surface area contributed by atoms with Gasteiger partial charge in [-0.25, -0.2) is 0 Å². The van der Waals surface area contributed by atoms with Crippen molar-refractivity contribution in [2.75, 3.05) is 46.1 Å². The maximum absolute atomic E-state index is 12.9. The molecule has 0 bridgehead atoms. The molecule has 6 nitrogen and oxygen atoms in total. The standard InChI is InChI=1S/C24H26N2O4/c27-23-19-7-8-21-20(24(19)30-22(23)15-18-5-2-1-3-6-18)16-26(17-29-21)10-4-9-25-11-13-28-14-12-25/h1-3,5-8,15H,4,9-14,16-17H2/b22-15-. The highest BCUT2D eigenvalue weighted by Gasteiger charge is 2.33. The Hall–Kier alpha value is -2.67. The lowest BCUT2D eigenvalue weighted by molar-refractivity contribution is 0.0329. The molecule has 30 heavy (non-hydrogen) atoms. The maximum atomic E-state index is 12.9. The van der Waals surface area contributed by atoms with Crippen LogP contribution in [0.25, 0.3) is 6.08 Å². The third-order valence-corrected chi connectivity index (χ3v) is 5.83. The summed E-state index contributed by atoms with van der Waals surface area (Å²) in [4.78, 5) is 17.6. The minimum atomic E-state index is -0.0684. The largest absolute Gasteiger partial charge is 0.478 e. The van der Waals surface area contributed by atoms with Gasteiger partial charge >= 0.3 is 0 Å². The molecule has 156 valence electrons. The number of ether oxygens (including phenoxy) is 3. The number of hydrogen-bond acceptors (Lipinski definition) is 6. The summed E-state index contributed by atoms with van der Waals surface area (Å²) in [7, 11) is 0. The zero-order chi connectivity index (χ0) is 20.3. The predicted molar refractivity (Wildman–Crippen MR) is 114 cm³/mol. The van der Waals surface area contributed by atoms with Crippen LogP contribution in [0, 0.1) is 0 Å². The molecule has 0 amide bonds. The van der Waals surface area contributed by atoms with Crippen molar-refractivity contribution >= 4 is 11.9 Å². The fourth-order valence-electron chi connectivity index (χ4n) is 4.19. The van der Waals surface area contributed by atoms with Crippen LogP contribution in [0.3, 0.4) is 0 Å². The Labute approximate surface area is 176 Å². The van der Waals surface area contributed by atoms with E-state index < -0.39 is 0 Å². The Morgan fingerprint density at radius 2 is 1.77 bits per heavy atom. The van der Waals surface area contributed by atoms with Crippen molar-refractivity contribution in [1.82, 2.24) is 9.80 Å². The molecule has 0 unspecified atom stereocenters. The first-order valence-corrected chi connectivity index (χ1v) is 10.6. The molecule has 2 aromatic carbocycles. The van der Waals surface area contributed by atoms with Gasteiger partial charge in [-0.1, -0.05) is 30.3 Å². The Bertz CT molecular complexity index is 951. The predicted octanol–water partition coefficient (Wildman–Crippen LogP) is 3.18. The molecule has 1 saturated heterocycles. The second-order valence-electron chi connectivity index (χ2n) is 7.90. The van der Waals surface area contributed by atoms with E-state index in [-0.39, 0.29) is 5.78 Å². The average molecular weight is 406 g/mol. The number of morpholine rings is 1. The van der Waals surface area contributed by atoms with Gasteiger partial charge in [0.05, 0.1) is 24.3 Å². The van der Waals surface area contributed by atoms with Crippen LogP contribution in [0.1, 0.15) is 27.9 Å². The van der Waals surface area contributed by atoms with Crippen LogP contribution in [0.2, 0.25) is 0 Å². The lowest BCUT2D eigenvalue weighted by atomic mass is 10.0. The van der Waals surface area contributed by atoms with E-state index in [0.29, 0.717) is 23.8 Å². The third kappa shape index (κ3) is 3.99. The average Bonchev–Trinajstić information content (AvgIpc) is 3.11. The van der Waals surface area contributed by atoms with E-state index in [1.807, 2.05) is 42.5 Å². The van der Waals surface area contributed by atoms with Crippen molar-refractivity contribution in [2.45, 2.75) is 13.0 Å². The number of Topliss-reactive ketones (excluding diaryl/α,β-unsaturated/α-hetero) is 1. The highest BCUT2D eigenvalue weighted by molar-refractivity contribution is 6.15. The van der Waals surface area contributed by atoms with Crippen LogP contribution in [-0.2, 0) is 11.3 Å². The van der Waals surface area contributed by atoms with Crippen molar-refractivity contribution in [3.05, 3.63) is 64.9 Å². The SMILES string of the molecule is O=C1/C(=C/c2ccccc2)Oc2c1ccc1c2CN(CCCN2CCOCC2)CO1. The van der Waals surface area contributed by atoms with Crippen molar-refractivity contribution in [3.63, 3.8) is 0 Å². The summed E-state index contributed by atoms with van der Waals surface area (Å²) in [5.74, 6) is 1.76. The summed E-state index contributed by atoms with van der Waals surface area (Å²) in [6, 6.07) is 13.5. The van der Waals surface area contributed by atoms with Gasteiger partial charge in [0.1, 0.15) is 18.2 Å². The normalized spacial score (nSPS) is 20.5. The van der Waals surface area contributed by atoms with E-state index in [1.54, 1.807) is 6.08 Å². The summed E-state index contributed by atoms with van der Waals surface area (Å²) >= 11 is 0. The molecule has 0 N–H and O–H groups in total. The van der Waals surface area contributed by atoms with E-state index >= 15 is 0 Å². The van der Waals surface area contributed by atoms with E-state index in [9.17, 15) is 4.79 Å². The lowest BCUT2D eigenvalue weighted by Crippen LogP contribution is -2.39. The number of ketones is 1. The number of rotatable bonds is 5. The highest BCUT2D eigenvalue weighted by atomic mass is 16.5. The Morgan fingerprint density at radius 3 is 2.60 bits per heavy atom. The van der Waals surface area contributed by atoms with E-state index in [4.69, 9.17) is 14.2 Å². The molecule has 0 aliphatic carbocycles. The van der Waals surface area contributed by atoms with Crippen molar-refractivity contribution in [3.8, 4) is 11.5 Å². The number of carbonyl (C=O) groups excluding carboxylic acids is 1. The number of carbonyl (C=O) groups is 1. The first-order chi connectivity index (χ1) is 14.8. The van der Waals surface area contributed by atoms with Gasteiger partial charge in [-0.05, 0) is 36.7 Å². The van der Waals surface area contributed by atoms with E-state index in [1.165, 1.54) is 0 Å². The van der Waals surface area contributed by atoms with Gasteiger partial charge in [-0.2, -0.15) is 0 Å². The highest BCUT2D eigenvalue weighted by Crippen LogP contribution is 2.42. The van der Waals surface area contributed by atoms with Crippen LogP contribution in [0.5, 0.6) is 11.5 Å². The molecule has 0 atom stereocenters. The molecule has 0 spiro atoms. The molecule has 5 rings (SSSR count). The van der Waals surface area contributed by atoms with Crippen LogP contribution < -0.4 is 9.47 Å². The monoisotopic (exact) mass is 406 g/mol. The van der Waals surface area contributed by atoms with Crippen molar-refractivity contribution < 1.29 is 19.0 Å². The summed E-state index contributed by atoms with van der Waals surface area (Å²) in [5, 5.41) is 0. The molecular formula is C24H26N2O4. The summed E-state index contributed by atoms with van der Waals surface area (Å²) in [6.07, 6.45) is 2.88. The van der Waals surface area contributed by atoms with Crippen molar-refractivity contribution in [2.24, 2.45) is 0 Å². The van der Waals surface area contributed by atoms with Gasteiger partial charge in [0.15, 0.2) is 5.76 Å². The first kappa shape index (κ1) is 19.3. The molecule has 0 radical (unpaired) electrons. The minimum absolute atomic E-state index is 0.0684. The summed E-state index contributed by atoms with van der Waals surface area (Å²) < 4.78 is 17.4. The number of nitrogens with zero attached hydrogens (tertiary/aromatic N) is 2. The van der Waals surface area contributed by atoms with Gasteiger partial charge in [-0.15, -0.1) is 0 Å². The fourth-order valence-corrected chi connectivity index (χ4v) is 4.19. The van der Waals surface area contributed by atoms with E-state index in [2.05, 4.69) is 9.80 Å². The summed E-state index contributed by atoms with van der Waals surface area (Å²) in [6.45, 7) is 6.99. The topological polar surface area (TPSA) is 51.2 Å². The second kappa shape index (κ2) is 8.60. The molecule has 3 heterocycles. The smallest absolute Gasteiger partial charge is 0.231 e. The lowest BCUT2D eigenvalue weighted by Gasteiger charge is -2.31. The van der Waals surface area contributed by atoms with Crippen LogP contribution >= 0.6 is 0 Å². The number of benzene rings is 2. The maximum Gasteiger partial charge on any atom is 0.231 e. The zero-order valence-electron chi connectivity index (χ0n) is 17.0.